The van der Waals surface area contributed by atoms with Crippen LogP contribution >= 0.6 is 0 Å². The molecule has 9 heteroatoms. The molecule has 1 atom stereocenters. The van der Waals surface area contributed by atoms with Gasteiger partial charge < -0.3 is 15.0 Å². The molecule has 0 fully saturated rings. The van der Waals surface area contributed by atoms with Crippen molar-refractivity contribution in [1.29, 1.82) is 0 Å². The predicted octanol–water partition coefficient (Wildman–Crippen LogP) is 5.23. The Morgan fingerprint density at radius 2 is 1.63 bits per heavy atom. The van der Waals surface area contributed by atoms with Gasteiger partial charge in [-0.15, -0.1) is 0 Å². The normalized spacial score (nSPS) is 11.9. The molecule has 220 valence electrons. The second kappa shape index (κ2) is 14.7. The summed E-state index contributed by atoms with van der Waals surface area (Å²) < 4.78 is 35.0. The molecule has 3 aromatic rings. The van der Waals surface area contributed by atoms with Crippen LogP contribution < -0.4 is 14.4 Å². The maximum absolute atomic E-state index is 14.1. The van der Waals surface area contributed by atoms with E-state index in [0.717, 1.165) is 33.8 Å². The number of amides is 2. The van der Waals surface area contributed by atoms with Crippen LogP contribution in [0.4, 0.5) is 5.69 Å². The molecule has 0 saturated carbocycles. The van der Waals surface area contributed by atoms with Gasteiger partial charge in [0.2, 0.25) is 11.8 Å². The summed E-state index contributed by atoms with van der Waals surface area (Å²) in [5, 5.41) is 2.90. The fourth-order valence-electron chi connectivity index (χ4n) is 4.42. The number of aryl methyl sites for hydroxylation is 2. The average Bonchev–Trinajstić information content (AvgIpc) is 2.95. The van der Waals surface area contributed by atoms with Gasteiger partial charge in [0.15, 0.2) is 0 Å². The van der Waals surface area contributed by atoms with Crippen LogP contribution in [0.25, 0.3) is 0 Å². The molecule has 1 N–H and O–H groups in total. The van der Waals surface area contributed by atoms with Crippen LogP contribution in [-0.2, 0) is 26.2 Å². The number of para-hydroxylation sites is 2. The third-order valence-corrected chi connectivity index (χ3v) is 8.53. The third kappa shape index (κ3) is 8.33. The fraction of sp³-hybridized carbons (Fsp3) is 0.375. The van der Waals surface area contributed by atoms with Crippen molar-refractivity contribution in [1.82, 2.24) is 10.2 Å². The third-order valence-electron chi connectivity index (χ3n) is 6.75. The van der Waals surface area contributed by atoms with Gasteiger partial charge in [-0.1, -0.05) is 73.0 Å². The van der Waals surface area contributed by atoms with Gasteiger partial charge >= 0.3 is 0 Å². The van der Waals surface area contributed by atoms with E-state index in [1.165, 1.54) is 17.0 Å². The molecule has 0 bridgehead atoms. The molecule has 0 radical (unpaired) electrons. The van der Waals surface area contributed by atoms with E-state index in [-0.39, 0.29) is 23.0 Å². The van der Waals surface area contributed by atoms with Gasteiger partial charge in [-0.2, -0.15) is 0 Å². The first-order chi connectivity index (χ1) is 19.6. The Balaban J connectivity index is 2.05. The van der Waals surface area contributed by atoms with Crippen molar-refractivity contribution in [3.05, 3.63) is 89.5 Å². The summed E-state index contributed by atoms with van der Waals surface area (Å²) in [7, 11) is -4.18. The molecule has 0 aromatic heterocycles. The molecule has 0 aliphatic carbocycles. The van der Waals surface area contributed by atoms with Crippen molar-refractivity contribution in [3.8, 4) is 5.75 Å². The Morgan fingerprint density at radius 1 is 0.927 bits per heavy atom. The zero-order chi connectivity index (χ0) is 30.0. The SMILES string of the molecule is CCCCNC(=O)C(C)N(Cc1cccc(C)c1)C(=O)CN(c1ccccc1OCC)S(=O)(=O)c1ccc(C)cc1. The van der Waals surface area contributed by atoms with E-state index in [4.69, 9.17) is 4.74 Å². The van der Waals surface area contributed by atoms with Crippen molar-refractivity contribution in [2.45, 2.75) is 64.9 Å². The average molecular weight is 580 g/mol. The first-order valence-electron chi connectivity index (χ1n) is 14.0. The van der Waals surface area contributed by atoms with Crippen molar-refractivity contribution >= 4 is 27.5 Å². The first kappa shape index (κ1) is 31.7. The van der Waals surface area contributed by atoms with E-state index in [9.17, 15) is 18.0 Å². The molecule has 8 nitrogen and oxygen atoms in total. The zero-order valence-electron chi connectivity index (χ0n) is 24.6. The Hall–Kier alpha value is -3.85. The number of hydrogen-bond donors (Lipinski definition) is 1. The van der Waals surface area contributed by atoms with Crippen LogP contribution in [0.1, 0.15) is 50.3 Å². The molecule has 0 aliphatic heterocycles. The van der Waals surface area contributed by atoms with Gasteiger partial charge in [-0.05, 0) is 63.9 Å². The molecular weight excluding hydrogens is 538 g/mol. The van der Waals surface area contributed by atoms with Gasteiger partial charge in [0.25, 0.3) is 10.0 Å². The molecule has 2 amide bonds. The maximum atomic E-state index is 14.1. The van der Waals surface area contributed by atoms with Crippen molar-refractivity contribution in [3.63, 3.8) is 0 Å². The molecule has 3 rings (SSSR count). The Bertz CT molecular complexity index is 1420. The van der Waals surface area contributed by atoms with Crippen LogP contribution in [0.3, 0.4) is 0 Å². The monoisotopic (exact) mass is 579 g/mol. The van der Waals surface area contributed by atoms with E-state index >= 15 is 0 Å². The highest BCUT2D eigenvalue weighted by molar-refractivity contribution is 7.92. The standard InChI is InChI=1S/C32H41N3O5S/c1-6-8-20-33-32(37)26(5)34(22-27-13-11-12-25(4)21-27)31(36)23-35(29-14-9-10-15-30(29)40-7-2)41(38,39)28-18-16-24(3)17-19-28/h9-19,21,26H,6-8,20,22-23H2,1-5H3,(H,33,37). The summed E-state index contributed by atoms with van der Waals surface area (Å²) in [5.41, 5.74) is 3.02. The number of ether oxygens (including phenoxy) is 1. The summed E-state index contributed by atoms with van der Waals surface area (Å²) in [4.78, 5) is 28.7. The lowest BCUT2D eigenvalue weighted by atomic mass is 10.1. The summed E-state index contributed by atoms with van der Waals surface area (Å²) in [5.74, 6) is -0.456. The number of rotatable bonds is 14. The fourth-order valence-corrected chi connectivity index (χ4v) is 5.84. The number of sulfonamides is 1. The minimum absolute atomic E-state index is 0.0535. The summed E-state index contributed by atoms with van der Waals surface area (Å²) in [6.45, 7) is 9.79. The highest BCUT2D eigenvalue weighted by Gasteiger charge is 2.33. The quantitative estimate of drug-likeness (QED) is 0.264. The van der Waals surface area contributed by atoms with Crippen LogP contribution in [-0.4, -0.2) is 50.9 Å². The molecule has 0 aliphatic rings. The number of unbranched alkanes of at least 4 members (excludes halogenated alkanes) is 1. The lowest BCUT2D eigenvalue weighted by molar-refractivity contribution is -0.139. The van der Waals surface area contributed by atoms with Crippen molar-refractivity contribution in [2.75, 3.05) is 24.0 Å². The second-order valence-electron chi connectivity index (χ2n) is 10.1. The molecule has 0 saturated heterocycles. The molecule has 1 unspecified atom stereocenters. The number of nitrogens with zero attached hydrogens (tertiary/aromatic N) is 2. The smallest absolute Gasteiger partial charge is 0.264 e. The molecule has 0 heterocycles. The number of nitrogens with one attached hydrogen (secondary N) is 1. The van der Waals surface area contributed by atoms with Gasteiger partial charge in [0, 0.05) is 13.1 Å². The topological polar surface area (TPSA) is 96.0 Å². The minimum Gasteiger partial charge on any atom is -0.492 e. The number of carbonyl (C=O) groups excluding carboxylic acids is 2. The van der Waals surface area contributed by atoms with Crippen LogP contribution in [0, 0.1) is 13.8 Å². The largest absolute Gasteiger partial charge is 0.492 e. The van der Waals surface area contributed by atoms with Crippen LogP contribution in [0.2, 0.25) is 0 Å². The van der Waals surface area contributed by atoms with Gasteiger partial charge in [0.05, 0.1) is 17.2 Å². The highest BCUT2D eigenvalue weighted by Crippen LogP contribution is 2.33. The van der Waals surface area contributed by atoms with E-state index in [1.54, 1.807) is 43.3 Å². The minimum atomic E-state index is -4.18. The zero-order valence-corrected chi connectivity index (χ0v) is 25.4. The molecule has 3 aromatic carbocycles. The number of carbonyl (C=O) groups is 2. The molecular formula is C32H41N3O5S. The Labute approximate surface area is 244 Å². The van der Waals surface area contributed by atoms with Gasteiger partial charge in [-0.25, -0.2) is 8.42 Å². The predicted molar refractivity (Wildman–Crippen MR) is 162 cm³/mol. The lowest BCUT2D eigenvalue weighted by Gasteiger charge is -2.32. The van der Waals surface area contributed by atoms with Crippen molar-refractivity contribution in [2.24, 2.45) is 0 Å². The Morgan fingerprint density at radius 3 is 2.29 bits per heavy atom. The first-order valence-corrected chi connectivity index (χ1v) is 15.5. The van der Waals surface area contributed by atoms with Gasteiger partial charge in [0.1, 0.15) is 18.3 Å². The van der Waals surface area contributed by atoms with Gasteiger partial charge in [-0.3, -0.25) is 13.9 Å². The van der Waals surface area contributed by atoms with Crippen molar-refractivity contribution < 1.29 is 22.7 Å². The van der Waals surface area contributed by atoms with Crippen LogP contribution in [0.5, 0.6) is 5.75 Å². The molecule has 0 spiro atoms. The van der Waals surface area contributed by atoms with E-state index in [1.807, 2.05) is 52.0 Å². The van der Waals surface area contributed by atoms with E-state index < -0.39 is 28.5 Å². The second-order valence-corrected chi connectivity index (χ2v) is 11.9. The summed E-state index contributed by atoms with van der Waals surface area (Å²) >= 11 is 0. The highest BCUT2D eigenvalue weighted by atomic mass is 32.2. The van der Waals surface area contributed by atoms with E-state index in [0.29, 0.717) is 18.9 Å². The number of hydrogen-bond acceptors (Lipinski definition) is 5. The molecule has 41 heavy (non-hydrogen) atoms. The Kier molecular flexibility index (Phi) is 11.3. The lowest BCUT2D eigenvalue weighted by Crippen LogP contribution is -2.51. The van der Waals surface area contributed by atoms with Crippen LogP contribution in [0.15, 0.2) is 77.7 Å². The number of anilines is 1. The summed E-state index contributed by atoms with van der Waals surface area (Å²) in [6, 6.07) is 20.1. The maximum Gasteiger partial charge on any atom is 0.264 e. The number of benzene rings is 3. The summed E-state index contributed by atoms with van der Waals surface area (Å²) in [6.07, 6.45) is 1.74. The van der Waals surface area contributed by atoms with E-state index in [2.05, 4.69) is 5.32 Å².